The van der Waals surface area contributed by atoms with Crippen LogP contribution < -0.4 is 4.74 Å². The summed E-state index contributed by atoms with van der Waals surface area (Å²) < 4.78 is 5.14. The Labute approximate surface area is 135 Å². The van der Waals surface area contributed by atoms with Gasteiger partial charge in [-0.25, -0.2) is 5.06 Å². The fourth-order valence-electron chi connectivity index (χ4n) is 2.82. The van der Waals surface area contributed by atoms with Gasteiger partial charge < -0.3 is 14.9 Å². The Morgan fingerprint density at radius 3 is 2.61 bits per heavy atom. The monoisotopic (exact) mass is 322 g/mol. The number of amides is 1. The van der Waals surface area contributed by atoms with E-state index >= 15 is 0 Å². The van der Waals surface area contributed by atoms with Crippen molar-refractivity contribution in [3.8, 4) is 5.75 Å². The molecule has 7 heteroatoms. The summed E-state index contributed by atoms with van der Waals surface area (Å²) in [6.45, 7) is 1.48. The highest BCUT2D eigenvalue weighted by Gasteiger charge is 2.40. The summed E-state index contributed by atoms with van der Waals surface area (Å²) in [6, 6.07) is 7.53. The maximum atomic E-state index is 12.5. The second-order valence-electron chi connectivity index (χ2n) is 5.95. The molecule has 1 amide bonds. The molecule has 2 aliphatic rings. The first kappa shape index (κ1) is 16.2. The molecule has 0 bridgehead atoms. The number of aliphatic hydroxyl groups is 2. The molecule has 0 spiro atoms. The van der Waals surface area contributed by atoms with Crippen LogP contribution in [0.2, 0.25) is 0 Å². The summed E-state index contributed by atoms with van der Waals surface area (Å²) in [7, 11) is 1.63. The first-order valence-corrected chi connectivity index (χ1v) is 7.76. The van der Waals surface area contributed by atoms with Gasteiger partial charge >= 0.3 is 0 Å². The number of aliphatic hydroxyl groups excluding tert-OH is 2. The SMILES string of the molecule is COc1ccc(CN2CCC2C(=O)N2C[C@@H](O)[C@@H](O)CO2)cc1. The van der Waals surface area contributed by atoms with Crippen molar-refractivity contribution in [2.45, 2.75) is 31.2 Å². The topological polar surface area (TPSA) is 82.5 Å². The van der Waals surface area contributed by atoms with Crippen LogP contribution in [-0.2, 0) is 16.2 Å². The molecule has 1 aromatic carbocycles. The zero-order valence-electron chi connectivity index (χ0n) is 13.1. The predicted octanol–water partition coefficient (Wildman–Crippen LogP) is -0.235. The molecule has 23 heavy (non-hydrogen) atoms. The van der Waals surface area contributed by atoms with Gasteiger partial charge in [-0.15, -0.1) is 0 Å². The number of benzene rings is 1. The van der Waals surface area contributed by atoms with Crippen molar-refractivity contribution in [2.24, 2.45) is 0 Å². The third kappa shape index (κ3) is 3.48. The standard InChI is InChI=1S/C16H22N2O5/c1-22-12-4-2-11(3-5-12)8-17-7-6-13(17)16(21)18-9-14(19)15(20)10-23-18/h2-5,13-15,19-20H,6-10H2,1H3/t13?,14-,15+/m1/s1. The van der Waals surface area contributed by atoms with E-state index in [4.69, 9.17) is 9.57 Å². The number of rotatable bonds is 4. The second kappa shape index (κ2) is 6.84. The maximum absolute atomic E-state index is 12.5. The highest BCUT2D eigenvalue weighted by Crippen LogP contribution is 2.24. The number of hydrogen-bond acceptors (Lipinski definition) is 6. The molecule has 2 N–H and O–H groups in total. The lowest BCUT2D eigenvalue weighted by atomic mass is 10.00. The van der Waals surface area contributed by atoms with E-state index < -0.39 is 12.2 Å². The van der Waals surface area contributed by atoms with E-state index in [2.05, 4.69) is 4.90 Å². The van der Waals surface area contributed by atoms with Crippen LogP contribution in [0.25, 0.3) is 0 Å². The van der Waals surface area contributed by atoms with Gasteiger partial charge in [-0.2, -0.15) is 0 Å². The molecule has 0 aliphatic carbocycles. The van der Waals surface area contributed by atoms with Crippen molar-refractivity contribution in [1.82, 2.24) is 9.96 Å². The van der Waals surface area contributed by atoms with Crippen molar-refractivity contribution in [2.75, 3.05) is 26.8 Å². The van der Waals surface area contributed by atoms with Gasteiger partial charge in [0.2, 0.25) is 0 Å². The number of β-amino-alcohol motifs (C(OH)–C–C–N with tert-alkyl or cyclic N) is 1. The van der Waals surface area contributed by atoms with Gasteiger partial charge in [-0.05, 0) is 24.1 Å². The molecule has 3 atom stereocenters. The van der Waals surface area contributed by atoms with Gasteiger partial charge in [0.1, 0.15) is 24.6 Å². The summed E-state index contributed by atoms with van der Waals surface area (Å²) in [4.78, 5) is 19.8. The quantitative estimate of drug-likeness (QED) is 0.796. The number of hydroxylamine groups is 2. The number of nitrogens with zero attached hydrogens (tertiary/aromatic N) is 2. The Morgan fingerprint density at radius 2 is 2.04 bits per heavy atom. The molecule has 2 aliphatic heterocycles. The van der Waals surface area contributed by atoms with Crippen LogP contribution in [0.3, 0.4) is 0 Å². The van der Waals surface area contributed by atoms with Crippen LogP contribution in [0.4, 0.5) is 0 Å². The maximum Gasteiger partial charge on any atom is 0.263 e. The zero-order valence-corrected chi connectivity index (χ0v) is 13.1. The minimum atomic E-state index is -0.956. The van der Waals surface area contributed by atoms with Gasteiger partial charge in [-0.1, -0.05) is 12.1 Å². The fraction of sp³-hybridized carbons (Fsp3) is 0.562. The molecule has 2 saturated heterocycles. The molecular formula is C16H22N2O5. The highest BCUT2D eigenvalue weighted by atomic mass is 16.7. The number of hydrogen-bond donors (Lipinski definition) is 2. The third-order valence-corrected chi connectivity index (χ3v) is 4.40. The van der Waals surface area contributed by atoms with E-state index in [1.807, 2.05) is 24.3 Å². The fourth-order valence-corrected chi connectivity index (χ4v) is 2.82. The van der Waals surface area contributed by atoms with Gasteiger partial charge in [0.25, 0.3) is 5.91 Å². The van der Waals surface area contributed by atoms with Crippen LogP contribution in [0.1, 0.15) is 12.0 Å². The van der Waals surface area contributed by atoms with Gasteiger partial charge in [0.15, 0.2) is 0 Å². The summed E-state index contributed by atoms with van der Waals surface area (Å²) in [5.74, 6) is 0.648. The molecule has 3 rings (SSSR count). The van der Waals surface area contributed by atoms with Crippen LogP contribution in [0.5, 0.6) is 5.75 Å². The minimum absolute atomic E-state index is 0.00682. The third-order valence-electron chi connectivity index (χ3n) is 4.40. The Bertz CT molecular complexity index is 550. The van der Waals surface area contributed by atoms with Crippen molar-refractivity contribution in [1.29, 1.82) is 0 Å². The summed E-state index contributed by atoms with van der Waals surface area (Å²) >= 11 is 0. The predicted molar refractivity (Wildman–Crippen MR) is 81.5 cm³/mol. The van der Waals surface area contributed by atoms with E-state index in [1.165, 1.54) is 5.06 Å². The lowest BCUT2D eigenvalue weighted by molar-refractivity contribution is -0.242. The zero-order chi connectivity index (χ0) is 16.4. The Kier molecular flexibility index (Phi) is 4.82. The minimum Gasteiger partial charge on any atom is -0.497 e. The molecule has 0 radical (unpaired) electrons. The smallest absolute Gasteiger partial charge is 0.263 e. The Morgan fingerprint density at radius 1 is 1.30 bits per heavy atom. The normalized spacial score (nSPS) is 28.3. The lowest BCUT2D eigenvalue weighted by Gasteiger charge is -2.43. The van der Waals surface area contributed by atoms with Crippen LogP contribution >= 0.6 is 0 Å². The molecule has 1 aromatic rings. The van der Waals surface area contributed by atoms with Gasteiger partial charge in [-0.3, -0.25) is 14.5 Å². The molecule has 2 fully saturated rings. The summed E-state index contributed by atoms with van der Waals surface area (Å²) in [5, 5.41) is 20.3. The first-order valence-electron chi connectivity index (χ1n) is 7.76. The molecule has 126 valence electrons. The summed E-state index contributed by atoms with van der Waals surface area (Å²) in [5.41, 5.74) is 1.11. The van der Waals surface area contributed by atoms with Crippen molar-refractivity contribution >= 4 is 5.91 Å². The van der Waals surface area contributed by atoms with Crippen LogP contribution in [0.15, 0.2) is 24.3 Å². The molecule has 0 aromatic heterocycles. The second-order valence-corrected chi connectivity index (χ2v) is 5.95. The highest BCUT2D eigenvalue weighted by molar-refractivity contribution is 5.82. The first-order chi connectivity index (χ1) is 11.1. The largest absolute Gasteiger partial charge is 0.497 e. The average molecular weight is 322 g/mol. The van der Waals surface area contributed by atoms with Crippen molar-refractivity contribution in [3.05, 3.63) is 29.8 Å². The van der Waals surface area contributed by atoms with Gasteiger partial charge in [0.05, 0.1) is 19.7 Å². The number of methoxy groups -OCH3 is 1. The van der Waals surface area contributed by atoms with Crippen LogP contribution in [-0.4, -0.2) is 71.1 Å². The van der Waals surface area contributed by atoms with E-state index in [1.54, 1.807) is 7.11 Å². The van der Waals surface area contributed by atoms with E-state index in [-0.39, 0.29) is 25.1 Å². The number of ether oxygens (including phenoxy) is 1. The number of carbonyl (C=O) groups excluding carboxylic acids is 1. The van der Waals surface area contributed by atoms with Crippen molar-refractivity contribution < 1.29 is 24.6 Å². The molecule has 7 nitrogen and oxygen atoms in total. The Hall–Kier alpha value is -1.67. The number of carbonyl (C=O) groups is 1. The molecule has 0 saturated carbocycles. The molecular weight excluding hydrogens is 300 g/mol. The number of likely N-dealkylation sites (tertiary alicyclic amines) is 1. The Balaban J connectivity index is 1.57. The van der Waals surface area contributed by atoms with Crippen LogP contribution in [0, 0.1) is 0 Å². The lowest BCUT2D eigenvalue weighted by Crippen LogP contribution is -2.60. The average Bonchev–Trinajstić information content (AvgIpc) is 2.54. The van der Waals surface area contributed by atoms with E-state index in [0.29, 0.717) is 6.54 Å². The summed E-state index contributed by atoms with van der Waals surface area (Å²) in [6.07, 6.45) is -1.12. The molecule has 2 heterocycles. The van der Waals surface area contributed by atoms with Gasteiger partial charge in [0, 0.05) is 13.1 Å². The van der Waals surface area contributed by atoms with E-state index in [0.717, 1.165) is 24.3 Å². The molecule has 1 unspecified atom stereocenters. The van der Waals surface area contributed by atoms with E-state index in [9.17, 15) is 15.0 Å². The van der Waals surface area contributed by atoms with Crippen molar-refractivity contribution in [3.63, 3.8) is 0 Å².